The van der Waals surface area contributed by atoms with E-state index in [9.17, 15) is 24.0 Å². The van der Waals surface area contributed by atoms with Gasteiger partial charge in [0.2, 0.25) is 29.5 Å². The fourth-order valence-electron chi connectivity index (χ4n) is 3.81. The molecule has 0 saturated carbocycles. The van der Waals surface area contributed by atoms with E-state index in [2.05, 4.69) is 26.6 Å². The molecule has 2 aliphatic heterocycles. The molecule has 0 aromatic heterocycles. The van der Waals surface area contributed by atoms with Crippen LogP contribution in [0.5, 0.6) is 0 Å². The zero-order chi connectivity index (χ0) is 26.3. The molecule has 2 aliphatic rings. The van der Waals surface area contributed by atoms with Crippen molar-refractivity contribution in [3.05, 3.63) is 0 Å². The second-order valence-corrected chi connectivity index (χ2v) is 12.2. The molecule has 0 spiro atoms. The minimum Gasteiger partial charge on any atom is -0.342 e. The first-order valence-electron chi connectivity index (χ1n) is 12.3. The van der Waals surface area contributed by atoms with E-state index >= 15 is 0 Å². The van der Waals surface area contributed by atoms with Crippen molar-refractivity contribution in [2.24, 2.45) is 17.8 Å². The normalized spacial score (nSPS) is 30.9. The lowest BCUT2D eigenvalue weighted by molar-refractivity contribution is -0.135. The Hall–Kier alpha value is -1.95. The van der Waals surface area contributed by atoms with E-state index in [-0.39, 0.29) is 17.8 Å². The lowest BCUT2D eigenvalue weighted by Crippen LogP contribution is -2.60. The fourth-order valence-corrected chi connectivity index (χ4v) is 6.14. The van der Waals surface area contributed by atoms with E-state index < -0.39 is 59.7 Å². The summed E-state index contributed by atoms with van der Waals surface area (Å²) in [6.07, 6.45) is 1.24. The first kappa shape index (κ1) is 29.3. The maximum absolute atomic E-state index is 13.4. The molecule has 0 aromatic rings. The Morgan fingerprint density at radius 2 is 0.943 bits per heavy atom. The molecule has 2 rings (SSSR count). The molecule has 12 heteroatoms. The van der Waals surface area contributed by atoms with Crippen molar-refractivity contribution in [1.29, 1.82) is 0 Å². The molecule has 5 amide bonds. The topological polar surface area (TPSA) is 146 Å². The number of amides is 5. The SMILES string of the molecule is CCC(C)C1NC(=O)C(C(C)C)NC(=O)C2CSSCC(NC(=O)C(C(C)CC)NC1=O)C(=O)N2. The average Bonchev–Trinajstić information content (AvgIpc) is 2.81. The van der Waals surface area contributed by atoms with E-state index in [0.29, 0.717) is 24.3 Å². The maximum Gasteiger partial charge on any atom is 0.244 e. The van der Waals surface area contributed by atoms with Crippen molar-refractivity contribution in [1.82, 2.24) is 26.6 Å². The number of hydrogen-bond donors (Lipinski definition) is 5. The summed E-state index contributed by atoms with van der Waals surface area (Å²) in [7, 11) is 2.80. The van der Waals surface area contributed by atoms with E-state index in [4.69, 9.17) is 0 Å². The molecule has 0 aliphatic carbocycles. The molecular formula is C23H39N5O5S2. The molecule has 2 heterocycles. The average molecular weight is 530 g/mol. The third-order valence-corrected chi connectivity index (χ3v) is 9.07. The quantitative estimate of drug-likeness (QED) is 0.327. The third-order valence-electron chi connectivity index (χ3n) is 6.65. The number of nitrogens with one attached hydrogen (secondary N) is 5. The Morgan fingerprint density at radius 3 is 1.37 bits per heavy atom. The smallest absolute Gasteiger partial charge is 0.244 e. The molecular weight excluding hydrogens is 490 g/mol. The molecule has 2 fully saturated rings. The van der Waals surface area contributed by atoms with Crippen LogP contribution in [0, 0.1) is 17.8 Å². The highest BCUT2D eigenvalue weighted by Gasteiger charge is 2.38. The number of fused-ring (bicyclic) bond motifs is 3. The van der Waals surface area contributed by atoms with E-state index in [1.807, 2.05) is 27.7 Å². The molecule has 0 radical (unpaired) electrons. The Balaban J connectivity index is 2.51. The molecule has 7 unspecified atom stereocenters. The zero-order valence-corrected chi connectivity index (χ0v) is 22.9. The molecule has 35 heavy (non-hydrogen) atoms. The van der Waals surface area contributed by atoms with Crippen LogP contribution >= 0.6 is 21.6 Å². The van der Waals surface area contributed by atoms with Crippen molar-refractivity contribution in [2.45, 2.75) is 84.6 Å². The van der Waals surface area contributed by atoms with E-state index in [0.717, 1.165) is 0 Å². The summed E-state index contributed by atoms with van der Waals surface area (Å²) in [5.74, 6) is -2.41. The van der Waals surface area contributed by atoms with Gasteiger partial charge in [-0.3, -0.25) is 24.0 Å². The number of rotatable bonds is 5. The number of hydrogen-bond acceptors (Lipinski definition) is 7. The minimum atomic E-state index is -0.895. The molecule has 10 nitrogen and oxygen atoms in total. The van der Waals surface area contributed by atoms with E-state index in [1.54, 1.807) is 13.8 Å². The Bertz CT molecular complexity index is 811. The Kier molecular flexibility index (Phi) is 11.2. The van der Waals surface area contributed by atoms with Crippen molar-refractivity contribution >= 4 is 51.1 Å². The second kappa shape index (κ2) is 13.4. The molecule has 7 atom stereocenters. The van der Waals surface area contributed by atoms with Gasteiger partial charge in [0.25, 0.3) is 0 Å². The highest BCUT2D eigenvalue weighted by atomic mass is 33.1. The Labute approximate surface area is 215 Å². The van der Waals surface area contributed by atoms with Crippen molar-refractivity contribution < 1.29 is 24.0 Å². The summed E-state index contributed by atoms with van der Waals surface area (Å²) in [5.41, 5.74) is 0. The summed E-state index contributed by atoms with van der Waals surface area (Å²) in [6.45, 7) is 11.1. The van der Waals surface area contributed by atoms with Gasteiger partial charge in [0, 0.05) is 11.5 Å². The first-order valence-corrected chi connectivity index (χ1v) is 14.7. The van der Waals surface area contributed by atoms with Gasteiger partial charge in [-0.05, 0) is 17.8 Å². The van der Waals surface area contributed by atoms with Crippen LogP contribution < -0.4 is 26.6 Å². The van der Waals surface area contributed by atoms with Gasteiger partial charge in [0.1, 0.15) is 30.2 Å². The standard InChI is InChI=1S/C23H39N5O5S2/c1-7-12(5)17-22(32)25-14-9-34-35-10-15(24-19(14)29)20(30)26-16(11(3)4)21(31)27-18(13(6)8-2)23(33)28-17/h11-18H,7-10H2,1-6H3,(H,24,29)(H,25,32)(H,26,30)(H,27,31)(H,28,33). The van der Waals surface area contributed by atoms with Crippen LogP contribution in [0.4, 0.5) is 0 Å². The van der Waals surface area contributed by atoms with Gasteiger partial charge in [0.05, 0.1) is 0 Å². The molecule has 198 valence electrons. The lowest BCUT2D eigenvalue weighted by atomic mass is 9.94. The van der Waals surface area contributed by atoms with Gasteiger partial charge in [-0.2, -0.15) is 0 Å². The monoisotopic (exact) mass is 529 g/mol. The van der Waals surface area contributed by atoms with Crippen LogP contribution in [0.25, 0.3) is 0 Å². The van der Waals surface area contributed by atoms with Gasteiger partial charge >= 0.3 is 0 Å². The first-order chi connectivity index (χ1) is 16.5. The van der Waals surface area contributed by atoms with Gasteiger partial charge in [-0.1, -0.05) is 76.0 Å². The van der Waals surface area contributed by atoms with Crippen LogP contribution in [0.2, 0.25) is 0 Å². The van der Waals surface area contributed by atoms with Crippen LogP contribution in [0.1, 0.15) is 54.4 Å². The van der Waals surface area contributed by atoms with Crippen LogP contribution in [-0.2, 0) is 24.0 Å². The third kappa shape index (κ3) is 7.77. The second-order valence-electron chi connectivity index (χ2n) is 9.67. The summed E-state index contributed by atoms with van der Waals surface area (Å²) in [5, 5.41) is 13.9. The van der Waals surface area contributed by atoms with Gasteiger partial charge in [-0.25, -0.2) is 0 Å². The molecule has 5 N–H and O–H groups in total. The van der Waals surface area contributed by atoms with Crippen molar-refractivity contribution in [3.8, 4) is 0 Å². The highest BCUT2D eigenvalue weighted by molar-refractivity contribution is 8.76. The Morgan fingerprint density at radius 1 is 0.600 bits per heavy atom. The predicted octanol–water partition coefficient (Wildman–Crippen LogP) is 0.567. The van der Waals surface area contributed by atoms with Gasteiger partial charge in [0.15, 0.2) is 0 Å². The zero-order valence-electron chi connectivity index (χ0n) is 21.3. The molecule has 2 bridgehead atoms. The maximum atomic E-state index is 13.4. The molecule has 0 aromatic carbocycles. The van der Waals surface area contributed by atoms with E-state index in [1.165, 1.54) is 21.6 Å². The number of carbonyl (C=O) groups is 5. The number of carbonyl (C=O) groups excluding carboxylic acids is 5. The summed E-state index contributed by atoms with van der Waals surface area (Å²) < 4.78 is 0. The fraction of sp³-hybridized carbons (Fsp3) is 0.783. The predicted molar refractivity (Wildman–Crippen MR) is 138 cm³/mol. The van der Waals surface area contributed by atoms with Gasteiger partial charge in [-0.15, -0.1) is 0 Å². The summed E-state index contributed by atoms with van der Waals surface area (Å²) in [6, 6.07) is -4.39. The van der Waals surface area contributed by atoms with Crippen molar-refractivity contribution in [2.75, 3.05) is 11.5 Å². The van der Waals surface area contributed by atoms with Crippen LogP contribution in [0.15, 0.2) is 0 Å². The molecule has 2 saturated heterocycles. The minimum absolute atomic E-state index is 0.207. The summed E-state index contributed by atoms with van der Waals surface area (Å²) >= 11 is 0. The van der Waals surface area contributed by atoms with Crippen LogP contribution in [0.3, 0.4) is 0 Å². The van der Waals surface area contributed by atoms with Crippen LogP contribution in [-0.4, -0.2) is 71.3 Å². The summed E-state index contributed by atoms with van der Waals surface area (Å²) in [4.78, 5) is 65.9. The van der Waals surface area contributed by atoms with Gasteiger partial charge < -0.3 is 26.6 Å². The lowest BCUT2D eigenvalue weighted by Gasteiger charge is -2.30. The highest BCUT2D eigenvalue weighted by Crippen LogP contribution is 2.25. The van der Waals surface area contributed by atoms with Crippen molar-refractivity contribution in [3.63, 3.8) is 0 Å². The largest absolute Gasteiger partial charge is 0.342 e.